The van der Waals surface area contributed by atoms with E-state index < -0.39 is 6.10 Å². The highest BCUT2D eigenvalue weighted by Gasteiger charge is 2.12. The molecule has 5 nitrogen and oxygen atoms in total. The van der Waals surface area contributed by atoms with Crippen LogP contribution in [0.5, 0.6) is 0 Å². The second kappa shape index (κ2) is 6.26. The molecule has 5 heteroatoms. The van der Waals surface area contributed by atoms with Crippen LogP contribution < -0.4 is 4.73 Å². The average molecular weight is 259 g/mol. The highest BCUT2D eigenvalue weighted by Crippen LogP contribution is 2.11. The summed E-state index contributed by atoms with van der Waals surface area (Å²) >= 11 is 0. The minimum absolute atomic E-state index is 0.463. The molecular weight excluding hydrogens is 242 g/mol. The average Bonchev–Trinajstić information content (AvgIpc) is 2.39. The van der Waals surface area contributed by atoms with Crippen LogP contribution in [0, 0.1) is 5.21 Å². The maximum Gasteiger partial charge on any atom is 0.184 e. The van der Waals surface area contributed by atoms with Crippen LogP contribution in [-0.4, -0.2) is 28.6 Å². The molecule has 2 rings (SSSR count). The van der Waals surface area contributed by atoms with Gasteiger partial charge in [0.1, 0.15) is 6.10 Å². The Balaban J connectivity index is 1.92. The molecule has 19 heavy (non-hydrogen) atoms. The number of aromatic nitrogens is 2. The first-order valence-corrected chi connectivity index (χ1v) is 6.10. The summed E-state index contributed by atoms with van der Waals surface area (Å²) in [5.74, 6) is 0. The number of rotatable bonds is 5. The molecule has 1 N–H and O–H groups in total. The fourth-order valence-corrected chi connectivity index (χ4v) is 1.93. The van der Waals surface area contributed by atoms with Gasteiger partial charge in [0.25, 0.3) is 0 Å². The lowest BCUT2D eigenvalue weighted by Gasteiger charge is -2.19. The van der Waals surface area contributed by atoms with Crippen molar-refractivity contribution in [3.63, 3.8) is 0 Å². The van der Waals surface area contributed by atoms with E-state index >= 15 is 0 Å². The molecule has 0 aromatic carbocycles. The number of nitrogens with zero attached hydrogens (tertiary/aromatic N) is 3. The van der Waals surface area contributed by atoms with E-state index in [-0.39, 0.29) is 0 Å². The van der Waals surface area contributed by atoms with Crippen LogP contribution in [-0.2, 0) is 6.54 Å². The highest BCUT2D eigenvalue weighted by atomic mass is 16.5. The normalized spacial score (nSPS) is 12.6. The Morgan fingerprint density at radius 2 is 2.21 bits per heavy atom. The zero-order valence-electron chi connectivity index (χ0n) is 10.8. The first-order valence-electron chi connectivity index (χ1n) is 6.10. The maximum atomic E-state index is 11.2. The SMILES string of the molecule is CN(Cc1ccc[n+]([O-])c1)CC(O)c1ccccn1. The van der Waals surface area contributed by atoms with Crippen LogP contribution in [0.2, 0.25) is 0 Å². The first-order chi connectivity index (χ1) is 9.15. The molecule has 0 fully saturated rings. The molecule has 0 saturated heterocycles. The van der Waals surface area contributed by atoms with Crippen LogP contribution in [0.3, 0.4) is 0 Å². The summed E-state index contributed by atoms with van der Waals surface area (Å²) < 4.78 is 0.776. The fraction of sp³-hybridized carbons (Fsp3) is 0.286. The van der Waals surface area contributed by atoms with Crippen LogP contribution in [0.25, 0.3) is 0 Å². The lowest BCUT2D eigenvalue weighted by molar-refractivity contribution is -0.605. The predicted octanol–water partition coefficient (Wildman–Crippen LogP) is 0.880. The number of pyridine rings is 2. The van der Waals surface area contributed by atoms with E-state index in [9.17, 15) is 10.3 Å². The van der Waals surface area contributed by atoms with Gasteiger partial charge in [0, 0.05) is 30.9 Å². The van der Waals surface area contributed by atoms with E-state index in [4.69, 9.17) is 0 Å². The summed E-state index contributed by atoms with van der Waals surface area (Å²) in [5, 5.41) is 21.2. The van der Waals surface area contributed by atoms with E-state index in [1.807, 2.05) is 30.1 Å². The minimum atomic E-state index is -0.630. The van der Waals surface area contributed by atoms with Gasteiger partial charge < -0.3 is 10.3 Å². The molecule has 2 aromatic rings. The van der Waals surface area contributed by atoms with Crippen molar-refractivity contribution >= 4 is 0 Å². The van der Waals surface area contributed by atoms with Gasteiger partial charge in [0.05, 0.1) is 5.69 Å². The summed E-state index contributed by atoms with van der Waals surface area (Å²) in [7, 11) is 1.90. The molecule has 0 amide bonds. The smallest absolute Gasteiger partial charge is 0.184 e. The number of hydrogen-bond donors (Lipinski definition) is 1. The van der Waals surface area contributed by atoms with Crippen molar-refractivity contribution < 1.29 is 9.84 Å². The van der Waals surface area contributed by atoms with Crippen molar-refractivity contribution in [2.75, 3.05) is 13.6 Å². The first kappa shape index (κ1) is 13.5. The largest absolute Gasteiger partial charge is 0.619 e. The highest BCUT2D eigenvalue weighted by molar-refractivity contribution is 5.08. The van der Waals surface area contributed by atoms with Gasteiger partial charge in [-0.05, 0) is 25.2 Å². The molecule has 0 aliphatic heterocycles. The molecule has 2 heterocycles. The van der Waals surface area contributed by atoms with Crippen LogP contribution in [0.15, 0.2) is 48.9 Å². The van der Waals surface area contributed by atoms with Gasteiger partial charge >= 0.3 is 0 Å². The van der Waals surface area contributed by atoms with Gasteiger partial charge in [-0.15, -0.1) is 0 Å². The van der Waals surface area contributed by atoms with Gasteiger partial charge in [-0.2, -0.15) is 4.73 Å². The molecule has 0 bridgehead atoms. The number of hydrogen-bond acceptors (Lipinski definition) is 4. The Morgan fingerprint density at radius 3 is 2.89 bits per heavy atom. The van der Waals surface area contributed by atoms with E-state index in [0.717, 1.165) is 10.3 Å². The van der Waals surface area contributed by atoms with Gasteiger partial charge in [0.2, 0.25) is 0 Å². The minimum Gasteiger partial charge on any atom is -0.619 e. The van der Waals surface area contributed by atoms with Gasteiger partial charge in [-0.25, -0.2) is 0 Å². The van der Waals surface area contributed by atoms with Crippen molar-refractivity contribution in [3.05, 3.63) is 65.4 Å². The van der Waals surface area contributed by atoms with E-state index in [0.29, 0.717) is 18.8 Å². The molecule has 1 atom stereocenters. The molecule has 100 valence electrons. The monoisotopic (exact) mass is 259 g/mol. The number of aliphatic hydroxyl groups excluding tert-OH is 1. The third-order valence-electron chi connectivity index (χ3n) is 2.80. The van der Waals surface area contributed by atoms with E-state index in [2.05, 4.69) is 4.98 Å². The van der Waals surface area contributed by atoms with Crippen molar-refractivity contribution in [1.82, 2.24) is 9.88 Å². The van der Waals surface area contributed by atoms with Crippen molar-refractivity contribution in [1.29, 1.82) is 0 Å². The summed E-state index contributed by atoms with van der Waals surface area (Å²) in [6.45, 7) is 1.07. The Kier molecular flexibility index (Phi) is 4.43. The lowest BCUT2D eigenvalue weighted by atomic mass is 10.2. The van der Waals surface area contributed by atoms with Crippen molar-refractivity contribution in [3.8, 4) is 0 Å². The molecular formula is C14H17N3O2. The Bertz CT molecular complexity index is 519. The predicted molar refractivity (Wildman–Crippen MR) is 70.9 cm³/mol. The van der Waals surface area contributed by atoms with Crippen LogP contribution in [0.1, 0.15) is 17.4 Å². The van der Waals surface area contributed by atoms with Crippen LogP contribution in [0.4, 0.5) is 0 Å². The van der Waals surface area contributed by atoms with Gasteiger partial charge in [0.15, 0.2) is 12.4 Å². The quantitative estimate of drug-likeness (QED) is 0.639. The van der Waals surface area contributed by atoms with Gasteiger partial charge in [-0.3, -0.25) is 9.88 Å². The maximum absolute atomic E-state index is 11.2. The summed E-state index contributed by atoms with van der Waals surface area (Å²) in [5.41, 5.74) is 1.56. The lowest BCUT2D eigenvalue weighted by Crippen LogP contribution is -2.28. The third kappa shape index (κ3) is 4.01. The Labute approximate surface area is 112 Å². The topological polar surface area (TPSA) is 63.3 Å². The van der Waals surface area contributed by atoms with E-state index in [1.165, 1.54) is 12.4 Å². The van der Waals surface area contributed by atoms with Crippen molar-refractivity contribution in [2.24, 2.45) is 0 Å². The molecule has 0 aliphatic rings. The second-order valence-electron chi connectivity index (χ2n) is 4.54. The standard InChI is InChI=1S/C14H17N3O2/c1-16(9-12-5-4-8-17(19)10-12)11-14(18)13-6-2-3-7-15-13/h2-8,10,14,18H,9,11H2,1H3. The number of aliphatic hydroxyl groups is 1. The molecule has 0 radical (unpaired) electrons. The second-order valence-corrected chi connectivity index (χ2v) is 4.54. The summed E-state index contributed by atoms with van der Waals surface area (Å²) in [4.78, 5) is 6.08. The van der Waals surface area contributed by atoms with Crippen LogP contribution >= 0.6 is 0 Å². The molecule has 0 aliphatic carbocycles. The molecule has 0 spiro atoms. The number of likely N-dealkylation sites (N-methyl/N-ethyl adjacent to an activating group) is 1. The fourth-order valence-electron chi connectivity index (χ4n) is 1.93. The Hall–Kier alpha value is -1.98. The van der Waals surface area contributed by atoms with Gasteiger partial charge in [-0.1, -0.05) is 6.07 Å². The zero-order chi connectivity index (χ0) is 13.7. The molecule has 0 saturated carbocycles. The van der Waals surface area contributed by atoms with E-state index in [1.54, 1.807) is 18.3 Å². The molecule has 1 unspecified atom stereocenters. The van der Waals surface area contributed by atoms with Crippen molar-refractivity contribution in [2.45, 2.75) is 12.6 Å². The molecule has 2 aromatic heterocycles. The third-order valence-corrected chi connectivity index (χ3v) is 2.80. The summed E-state index contributed by atoms with van der Waals surface area (Å²) in [6, 6.07) is 9.07. The Morgan fingerprint density at radius 1 is 1.37 bits per heavy atom. The zero-order valence-corrected chi connectivity index (χ0v) is 10.8. The summed E-state index contributed by atoms with van der Waals surface area (Å²) in [6.07, 6.45) is 4.01.